The van der Waals surface area contributed by atoms with Gasteiger partial charge in [-0.15, -0.1) is 0 Å². The summed E-state index contributed by atoms with van der Waals surface area (Å²) in [7, 11) is 0. The van der Waals surface area contributed by atoms with Crippen LogP contribution in [0.25, 0.3) is 11.1 Å². The van der Waals surface area contributed by atoms with Gasteiger partial charge in [0, 0.05) is 12.2 Å². The Labute approximate surface area is 101 Å². The summed E-state index contributed by atoms with van der Waals surface area (Å²) in [6, 6.07) is 7.62. The van der Waals surface area contributed by atoms with Gasteiger partial charge >= 0.3 is 5.76 Å². The number of rotatable bonds is 3. The fourth-order valence-electron chi connectivity index (χ4n) is 1.66. The van der Waals surface area contributed by atoms with E-state index in [0.29, 0.717) is 11.1 Å². The summed E-state index contributed by atoms with van der Waals surface area (Å²) < 4.78 is 4.94. The lowest BCUT2D eigenvalue weighted by molar-refractivity contribution is 0.555. The van der Waals surface area contributed by atoms with E-state index >= 15 is 0 Å². The Bertz CT molecular complexity index is 682. The highest BCUT2D eigenvalue weighted by Crippen LogP contribution is 2.17. The third-order valence-electron chi connectivity index (χ3n) is 2.50. The van der Waals surface area contributed by atoms with E-state index in [-0.39, 0.29) is 0 Å². The highest BCUT2D eigenvalue weighted by Gasteiger charge is 2.01. The molecule has 17 heavy (non-hydrogen) atoms. The van der Waals surface area contributed by atoms with Crippen LogP contribution in [-0.4, -0.2) is 4.98 Å². The molecule has 86 valence electrons. The van der Waals surface area contributed by atoms with E-state index in [1.807, 2.05) is 17.5 Å². The Morgan fingerprint density at radius 2 is 2.29 bits per heavy atom. The summed E-state index contributed by atoms with van der Waals surface area (Å²) in [6.45, 7) is 0.775. The maximum Gasteiger partial charge on any atom is 0.417 e. The van der Waals surface area contributed by atoms with Crippen LogP contribution in [0.3, 0.4) is 0 Å². The van der Waals surface area contributed by atoms with E-state index in [0.717, 1.165) is 12.2 Å². The minimum atomic E-state index is -0.421. The average Bonchev–Trinajstić information content (AvgIpc) is 2.92. The van der Waals surface area contributed by atoms with Gasteiger partial charge in [0.2, 0.25) is 0 Å². The lowest BCUT2D eigenvalue weighted by Gasteiger charge is -2.04. The second kappa shape index (κ2) is 4.10. The van der Waals surface area contributed by atoms with Crippen LogP contribution >= 0.6 is 11.3 Å². The minimum absolute atomic E-state index is 0.421. The summed E-state index contributed by atoms with van der Waals surface area (Å²) >= 11 is 1.68. The fraction of sp³-hybridized carbons (Fsp3) is 0.0833. The van der Waals surface area contributed by atoms with Gasteiger partial charge in [0.15, 0.2) is 5.58 Å². The van der Waals surface area contributed by atoms with Crippen LogP contribution in [0.4, 0.5) is 5.69 Å². The van der Waals surface area contributed by atoms with Crippen LogP contribution in [0.15, 0.2) is 44.2 Å². The van der Waals surface area contributed by atoms with Gasteiger partial charge in [-0.25, -0.2) is 4.79 Å². The van der Waals surface area contributed by atoms with E-state index in [9.17, 15) is 4.79 Å². The molecule has 0 saturated heterocycles. The number of H-pyrrole nitrogens is 1. The second-order valence-corrected chi connectivity index (χ2v) is 4.49. The maximum absolute atomic E-state index is 11.0. The number of aromatic nitrogens is 1. The Morgan fingerprint density at radius 3 is 3.12 bits per heavy atom. The molecule has 5 heteroatoms. The van der Waals surface area contributed by atoms with Gasteiger partial charge in [-0.2, -0.15) is 11.3 Å². The molecule has 4 nitrogen and oxygen atoms in total. The summed E-state index contributed by atoms with van der Waals surface area (Å²) in [4.78, 5) is 13.6. The predicted molar refractivity (Wildman–Crippen MR) is 68.5 cm³/mol. The Morgan fingerprint density at radius 1 is 1.35 bits per heavy atom. The molecule has 0 amide bonds. The number of hydrogen-bond acceptors (Lipinski definition) is 4. The van der Waals surface area contributed by atoms with E-state index < -0.39 is 5.76 Å². The standard InChI is InChI=1S/C12H10N2O2S/c15-12-14-10-5-9(1-2-11(10)16-12)13-6-8-3-4-17-7-8/h1-5,7,13H,6H2,(H,14,15). The zero-order valence-corrected chi connectivity index (χ0v) is 9.71. The Hall–Kier alpha value is -2.01. The molecule has 0 bridgehead atoms. The number of thiophene rings is 1. The van der Waals surface area contributed by atoms with Crippen molar-refractivity contribution in [3.05, 3.63) is 51.1 Å². The lowest BCUT2D eigenvalue weighted by Crippen LogP contribution is -1.97. The molecule has 0 fully saturated rings. The largest absolute Gasteiger partial charge is 0.417 e. The zero-order chi connectivity index (χ0) is 11.7. The molecule has 0 aliphatic rings. The summed E-state index contributed by atoms with van der Waals surface area (Å²) in [5.41, 5.74) is 3.50. The van der Waals surface area contributed by atoms with Crippen molar-refractivity contribution in [3.63, 3.8) is 0 Å². The Kier molecular flexibility index (Phi) is 2.45. The molecule has 0 radical (unpaired) electrons. The fourth-order valence-corrected chi connectivity index (χ4v) is 2.33. The van der Waals surface area contributed by atoms with Gasteiger partial charge in [-0.05, 0) is 40.6 Å². The number of anilines is 1. The van der Waals surface area contributed by atoms with Gasteiger partial charge < -0.3 is 9.73 Å². The summed E-state index contributed by atoms with van der Waals surface area (Å²) in [5, 5.41) is 7.44. The van der Waals surface area contributed by atoms with Gasteiger partial charge in [0.1, 0.15) is 0 Å². The van der Waals surface area contributed by atoms with Gasteiger partial charge in [0.25, 0.3) is 0 Å². The van der Waals surface area contributed by atoms with Crippen LogP contribution in [-0.2, 0) is 6.54 Å². The molecule has 2 N–H and O–H groups in total. The number of fused-ring (bicyclic) bond motifs is 1. The smallest absolute Gasteiger partial charge is 0.408 e. The molecule has 2 aromatic heterocycles. The molecule has 3 rings (SSSR count). The van der Waals surface area contributed by atoms with Crippen LogP contribution in [0.1, 0.15) is 5.56 Å². The molecule has 0 unspecified atom stereocenters. The maximum atomic E-state index is 11.0. The molecule has 1 aromatic carbocycles. The molecule has 0 aliphatic heterocycles. The van der Waals surface area contributed by atoms with Crippen LogP contribution in [0.2, 0.25) is 0 Å². The monoisotopic (exact) mass is 246 g/mol. The van der Waals surface area contributed by atoms with Crippen molar-refractivity contribution in [3.8, 4) is 0 Å². The first-order valence-electron chi connectivity index (χ1n) is 5.19. The molecule has 0 saturated carbocycles. The first-order chi connectivity index (χ1) is 8.31. The molecular formula is C12H10N2O2S. The lowest BCUT2D eigenvalue weighted by atomic mass is 10.2. The van der Waals surface area contributed by atoms with Crippen LogP contribution in [0, 0.1) is 0 Å². The number of aromatic amines is 1. The third kappa shape index (κ3) is 2.09. The predicted octanol–water partition coefficient (Wildman–Crippen LogP) is 2.79. The highest BCUT2D eigenvalue weighted by molar-refractivity contribution is 7.07. The quantitative estimate of drug-likeness (QED) is 0.747. The number of oxazole rings is 1. The van der Waals surface area contributed by atoms with Crippen LogP contribution < -0.4 is 11.1 Å². The normalized spacial score (nSPS) is 10.8. The first kappa shape index (κ1) is 10.2. The van der Waals surface area contributed by atoms with Crippen molar-refractivity contribution in [2.75, 3.05) is 5.32 Å². The number of benzene rings is 1. The Balaban J connectivity index is 1.83. The zero-order valence-electron chi connectivity index (χ0n) is 8.90. The molecule has 0 atom stereocenters. The van der Waals surface area contributed by atoms with Gasteiger partial charge in [-0.1, -0.05) is 0 Å². The van der Waals surface area contributed by atoms with Crippen molar-refractivity contribution >= 4 is 28.1 Å². The van der Waals surface area contributed by atoms with E-state index in [2.05, 4.69) is 21.7 Å². The second-order valence-electron chi connectivity index (χ2n) is 3.71. The number of hydrogen-bond donors (Lipinski definition) is 2. The first-order valence-corrected chi connectivity index (χ1v) is 6.13. The SMILES string of the molecule is O=c1[nH]c2cc(NCc3ccsc3)ccc2o1. The average molecular weight is 246 g/mol. The molecular weight excluding hydrogens is 236 g/mol. The highest BCUT2D eigenvalue weighted by atomic mass is 32.1. The molecule has 0 aliphatic carbocycles. The summed E-state index contributed by atoms with van der Waals surface area (Å²) in [6.07, 6.45) is 0. The van der Waals surface area contributed by atoms with E-state index in [1.165, 1.54) is 5.56 Å². The van der Waals surface area contributed by atoms with E-state index in [4.69, 9.17) is 4.42 Å². The van der Waals surface area contributed by atoms with Crippen molar-refractivity contribution in [2.45, 2.75) is 6.54 Å². The number of nitrogens with one attached hydrogen (secondary N) is 2. The van der Waals surface area contributed by atoms with Crippen molar-refractivity contribution in [1.82, 2.24) is 4.98 Å². The van der Waals surface area contributed by atoms with E-state index in [1.54, 1.807) is 17.4 Å². The minimum Gasteiger partial charge on any atom is -0.408 e. The van der Waals surface area contributed by atoms with Crippen LogP contribution in [0.5, 0.6) is 0 Å². The molecule has 2 heterocycles. The third-order valence-corrected chi connectivity index (χ3v) is 3.23. The van der Waals surface area contributed by atoms with Gasteiger partial charge in [-0.3, -0.25) is 4.98 Å². The van der Waals surface area contributed by atoms with Gasteiger partial charge in [0.05, 0.1) is 5.52 Å². The van der Waals surface area contributed by atoms with Crippen molar-refractivity contribution in [1.29, 1.82) is 0 Å². The topological polar surface area (TPSA) is 58.0 Å². The molecule has 0 spiro atoms. The van der Waals surface area contributed by atoms with Crippen molar-refractivity contribution < 1.29 is 4.42 Å². The summed E-state index contributed by atoms with van der Waals surface area (Å²) in [5.74, 6) is -0.421. The molecule has 3 aromatic rings. The van der Waals surface area contributed by atoms with Crippen molar-refractivity contribution in [2.24, 2.45) is 0 Å².